The summed E-state index contributed by atoms with van der Waals surface area (Å²) in [5.74, 6) is 0.237. The van der Waals surface area contributed by atoms with Gasteiger partial charge in [0, 0.05) is 19.1 Å². The molecule has 0 aromatic carbocycles. The third kappa shape index (κ3) is 5.66. The Bertz CT molecular complexity index is 323. The molecular formula is C12H24N2O2S. The van der Waals surface area contributed by atoms with Gasteiger partial charge in [0.2, 0.25) is 10.0 Å². The van der Waals surface area contributed by atoms with Crippen LogP contribution in [0.25, 0.3) is 0 Å². The maximum atomic E-state index is 12.0. The van der Waals surface area contributed by atoms with E-state index in [1.54, 1.807) is 6.08 Å². The van der Waals surface area contributed by atoms with Gasteiger partial charge in [-0.3, -0.25) is 0 Å². The van der Waals surface area contributed by atoms with E-state index in [4.69, 9.17) is 0 Å². The Kier molecular flexibility index (Phi) is 6.16. The SMILES string of the molecule is C=CCN(CCC)S(=O)(=O)CCCNC1CC1. The summed E-state index contributed by atoms with van der Waals surface area (Å²) in [5, 5.41) is 3.33. The third-order valence-electron chi connectivity index (χ3n) is 2.79. The van der Waals surface area contributed by atoms with Crippen LogP contribution in [0.3, 0.4) is 0 Å². The van der Waals surface area contributed by atoms with Crippen molar-refractivity contribution in [3.63, 3.8) is 0 Å². The van der Waals surface area contributed by atoms with Gasteiger partial charge in [0.05, 0.1) is 5.75 Å². The molecule has 1 N–H and O–H groups in total. The molecule has 0 heterocycles. The maximum Gasteiger partial charge on any atom is 0.214 e. The van der Waals surface area contributed by atoms with Crippen LogP contribution in [-0.4, -0.2) is 44.2 Å². The van der Waals surface area contributed by atoms with Crippen LogP contribution in [0.1, 0.15) is 32.6 Å². The van der Waals surface area contributed by atoms with Crippen LogP contribution in [0.5, 0.6) is 0 Å². The summed E-state index contributed by atoms with van der Waals surface area (Å²) in [4.78, 5) is 0. The predicted molar refractivity (Wildman–Crippen MR) is 71.5 cm³/mol. The monoisotopic (exact) mass is 260 g/mol. The molecule has 1 fully saturated rings. The fourth-order valence-corrected chi connectivity index (χ4v) is 3.28. The molecule has 5 heteroatoms. The second-order valence-corrected chi connectivity index (χ2v) is 6.63. The van der Waals surface area contributed by atoms with E-state index >= 15 is 0 Å². The molecular weight excluding hydrogens is 236 g/mol. The first kappa shape index (κ1) is 14.7. The summed E-state index contributed by atoms with van der Waals surface area (Å²) in [5.41, 5.74) is 0. The van der Waals surface area contributed by atoms with Crippen molar-refractivity contribution in [2.45, 2.75) is 38.6 Å². The summed E-state index contributed by atoms with van der Waals surface area (Å²) in [6.07, 6.45) is 5.66. The second kappa shape index (κ2) is 7.13. The molecule has 1 saturated carbocycles. The Labute approximate surface area is 105 Å². The Morgan fingerprint density at radius 1 is 1.47 bits per heavy atom. The fraction of sp³-hybridized carbons (Fsp3) is 0.833. The van der Waals surface area contributed by atoms with Crippen LogP contribution < -0.4 is 5.32 Å². The number of hydrogen-bond acceptors (Lipinski definition) is 3. The second-order valence-electron chi connectivity index (χ2n) is 4.54. The van der Waals surface area contributed by atoms with Gasteiger partial charge in [0.1, 0.15) is 0 Å². The zero-order valence-electron chi connectivity index (χ0n) is 10.7. The standard InChI is InChI=1S/C12H24N2O2S/c1-3-9-14(10-4-2)17(15,16)11-5-8-13-12-6-7-12/h3,12-13H,1,4-11H2,2H3. The predicted octanol–water partition coefficient (Wildman–Crippen LogP) is 1.36. The smallest absolute Gasteiger partial charge is 0.214 e. The average Bonchev–Trinajstić information content (AvgIpc) is 3.08. The van der Waals surface area contributed by atoms with E-state index in [9.17, 15) is 8.42 Å². The molecule has 100 valence electrons. The van der Waals surface area contributed by atoms with Crippen molar-refractivity contribution in [1.29, 1.82) is 0 Å². The van der Waals surface area contributed by atoms with Crippen molar-refractivity contribution in [1.82, 2.24) is 9.62 Å². The van der Waals surface area contributed by atoms with Crippen molar-refractivity contribution in [2.75, 3.05) is 25.4 Å². The Balaban J connectivity index is 2.31. The molecule has 1 rings (SSSR count). The van der Waals surface area contributed by atoms with Gasteiger partial charge in [-0.05, 0) is 32.2 Å². The van der Waals surface area contributed by atoms with Crippen LogP contribution in [0.2, 0.25) is 0 Å². The van der Waals surface area contributed by atoms with Crippen LogP contribution in [0, 0.1) is 0 Å². The first-order chi connectivity index (χ1) is 8.10. The summed E-state index contributed by atoms with van der Waals surface area (Å²) in [6.45, 7) is 7.41. The van der Waals surface area contributed by atoms with Crippen molar-refractivity contribution in [3.8, 4) is 0 Å². The normalized spacial score (nSPS) is 16.4. The Morgan fingerprint density at radius 2 is 2.18 bits per heavy atom. The summed E-state index contributed by atoms with van der Waals surface area (Å²) in [7, 11) is -3.10. The minimum atomic E-state index is -3.10. The van der Waals surface area contributed by atoms with Gasteiger partial charge < -0.3 is 5.32 Å². The minimum absolute atomic E-state index is 0.237. The van der Waals surface area contributed by atoms with Gasteiger partial charge in [0.15, 0.2) is 0 Å². The zero-order valence-corrected chi connectivity index (χ0v) is 11.5. The van der Waals surface area contributed by atoms with Crippen molar-refractivity contribution in [2.24, 2.45) is 0 Å². The Morgan fingerprint density at radius 3 is 2.71 bits per heavy atom. The molecule has 0 unspecified atom stereocenters. The van der Waals surface area contributed by atoms with Gasteiger partial charge in [-0.1, -0.05) is 13.0 Å². The van der Waals surface area contributed by atoms with Crippen molar-refractivity contribution >= 4 is 10.0 Å². The lowest BCUT2D eigenvalue weighted by Gasteiger charge is -2.19. The van der Waals surface area contributed by atoms with Gasteiger partial charge in [-0.25, -0.2) is 8.42 Å². The highest BCUT2D eigenvalue weighted by Crippen LogP contribution is 2.18. The van der Waals surface area contributed by atoms with Gasteiger partial charge in [0.25, 0.3) is 0 Å². The number of hydrogen-bond donors (Lipinski definition) is 1. The van der Waals surface area contributed by atoms with Gasteiger partial charge in [-0.15, -0.1) is 6.58 Å². The van der Waals surface area contributed by atoms with Gasteiger partial charge >= 0.3 is 0 Å². The van der Waals surface area contributed by atoms with E-state index in [0.29, 0.717) is 25.6 Å². The summed E-state index contributed by atoms with van der Waals surface area (Å²) < 4.78 is 25.6. The van der Waals surface area contributed by atoms with E-state index in [-0.39, 0.29) is 5.75 Å². The van der Waals surface area contributed by atoms with E-state index in [1.807, 2.05) is 6.92 Å². The van der Waals surface area contributed by atoms with Crippen LogP contribution in [0.15, 0.2) is 12.7 Å². The van der Waals surface area contributed by atoms with Crippen molar-refractivity contribution in [3.05, 3.63) is 12.7 Å². The molecule has 0 saturated heterocycles. The van der Waals surface area contributed by atoms with Crippen LogP contribution in [0.4, 0.5) is 0 Å². The summed E-state index contributed by atoms with van der Waals surface area (Å²) in [6, 6.07) is 0.651. The molecule has 4 nitrogen and oxygen atoms in total. The number of nitrogens with zero attached hydrogens (tertiary/aromatic N) is 1. The molecule has 0 aliphatic heterocycles. The van der Waals surface area contributed by atoms with E-state index in [2.05, 4.69) is 11.9 Å². The van der Waals surface area contributed by atoms with Crippen LogP contribution >= 0.6 is 0 Å². The minimum Gasteiger partial charge on any atom is -0.314 e. The fourth-order valence-electron chi connectivity index (χ4n) is 1.71. The van der Waals surface area contributed by atoms with E-state index in [1.165, 1.54) is 17.1 Å². The maximum absolute atomic E-state index is 12.0. The molecule has 17 heavy (non-hydrogen) atoms. The topological polar surface area (TPSA) is 49.4 Å². The largest absolute Gasteiger partial charge is 0.314 e. The molecule has 0 aromatic heterocycles. The average molecular weight is 260 g/mol. The zero-order chi connectivity index (χ0) is 12.7. The van der Waals surface area contributed by atoms with E-state index < -0.39 is 10.0 Å². The number of nitrogens with one attached hydrogen (secondary N) is 1. The molecule has 0 bridgehead atoms. The van der Waals surface area contributed by atoms with Gasteiger partial charge in [-0.2, -0.15) is 4.31 Å². The van der Waals surface area contributed by atoms with E-state index in [0.717, 1.165) is 13.0 Å². The Hall–Kier alpha value is -0.390. The summed E-state index contributed by atoms with van der Waals surface area (Å²) >= 11 is 0. The highest BCUT2D eigenvalue weighted by molar-refractivity contribution is 7.89. The highest BCUT2D eigenvalue weighted by atomic mass is 32.2. The first-order valence-corrected chi connectivity index (χ1v) is 8.03. The molecule has 0 radical (unpaired) electrons. The first-order valence-electron chi connectivity index (χ1n) is 6.42. The molecule has 0 aromatic rings. The van der Waals surface area contributed by atoms with Crippen molar-refractivity contribution < 1.29 is 8.42 Å². The lowest BCUT2D eigenvalue weighted by Crippen LogP contribution is -2.34. The number of sulfonamides is 1. The molecule has 1 aliphatic carbocycles. The molecule has 0 spiro atoms. The quantitative estimate of drug-likeness (QED) is 0.476. The lowest BCUT2D eigenvalue weighted by atomic mass is 10.5. The highest BCUT2D eigenvalue weighted by Gasteiger charge is 2.22. The third-order valence-corrected chi connectivity index (χ3v) is 4.71. The molecule has 1 aliphatic rings. The van der Waals surface area contributed by atoms with Crippen LogP contribution in [-0.2, 0) is 10.0 Å². The lowest BCUT2D eigenvalue weighted by molar-refractivity contribution is 0.439. The molecule has 0 atom stereocenters. The molecule has 0 amide bonds. The number of rotatable bonds is 10.